The van der Waals surface area contributed by atoms with Crippen LogP contribution in [0.1, 0.15) is 20.8 Å². The van der Waals surface area contributed by atoms with Gasteiger partial charge >= 0.3 is 0 Å². The van der Waals surface area contributed by atoms with E-state index in [-0.39, 0.29) is 5.54 Å². The molecule has 1 aromatic heterocycles. The molecule has 1 heterocycles. The molecular weight excluding hydrogens is 182 g/mol. The number of rotatable bonds is 0. The average Bonchev–Trinajstić information content (AvgIpc) is 2.39. The average molecular weight is 199 g/mol. The van der Waals surface area contributed by atoms with E-state index in [2.05, 4.69) is 50.6 Å². The van der Waals surface area contributed by atoms with Gasteiger partial charge in [0.1, 0.15) is 0 Å². The fourth-order valence-electron chi connectivity index (χ4n) is 2.20. The molecule has 2 rings (SSSR count). The van der Waals surface area contributed by atoms with Crippen LogP contribution in [0.4, 0.5) is 0 Å². The van der Waals surface area contributed by atoms with E-state index in [1.165, 1.54) is 10.8 Å². The molecule has 0 atom stereocenters. The number of benzene rings is 1. The summed E-state index contributed by atoms with van der Waals surface area (Å²) >= 11 is 0. The van der Waals surface area contributed by atoms with Crippen molar-refractivity contribution in [3.05, 3.63) is 35.0 Å². The number of hydrogen-bond acceptors (Lipinski definition) is 0. The molecule has 0 unspecified atom stereocenters. The molecule has 0 saturated heterocycles. The highest BCUT2D eigenvalue weighted by atomic mass is 15.0. The monoisotopic (exact) mass is 199 g/mol. The molecule has 15 heavy (non-hydrogen) atoms. The van der Waals surface area contributed by atoms with Crippen LogP contribution >= 0.6 is 0 Å². The zero-order valence-electron chi connectivity index (χ0n) is 9.67. The molecule has 0 spiro atoms. The number of aromatic nitrogens is 1. The van der Waals surface area contributed by atoms with Crippen molar-refractivity contribution in [1.29, 1.82) is 0 Å². The Morgan fingerprint density at radius 1 is 0.933 bits per heavy atom. The molecule has 1 heteroatoms. The lowest BCUT2D eigenvalue weighted by molar-refractivity contribution is 0.383. The lowest BCUT2D eigenvalue weighted by atomic mass is 10.1. The second kappa shape index (κ2) is 2.99. The molecule has 2 aromatic rings. The Morgan fingerprint density at radius 3 is 1.67 bits per heavy atom. The van der Waals surface area contributed by atoms with E-state index in [1.54, 1.807) is 0 Å². The minimum atomic E-state index is 0.0349. The van der Waals surface area contributed by atoms with Crippen LogP contribution < -0.4 is 10.7 Å². The molecule has 0 saturated carbocycles. The molecule has 0 fully saturated rings. The molecule has 1 aromatic carbocycles. The fraction of sp³-hybridized carbons (Fsp3) is 0.286. The molecule has 0 N–H and O–H groups in total. The van der Waals surface area contributed by atoms with E-state index in [4.69, 9.17) is 0 Å². The van der Waals surface area contributed by atoms with Gasteiger partial charge in [0, 0.05) is 27.0 Å². The Labute approximate surface area is 90.3 Å². The van der Waals surface area contributed by atoms with Crippen LogP contribution in [-0.2, 0) is 5.54 Å². The minimum Gasteiger partial charge on any atom is -0.336 e. The summed E-state index contributed by atoms with van der Waals surface area (Å²) in [7, 11) is 0. The second-order valence-corrected chi connectivity index (χ2v) is 4.95. The summed E-state index contributed by atoms with van der Waals surface area (Å²) in [5.41, 5.74) is 0.0349. The minimum absolute atomic E-state index is 0.0349. The van der Waals surface area contributed by atoms with Crippen LogP contribution in [0.15, 0.2) is 24.3 Å². The summed E-state index contributed by atoms with van der Waals surface area (Å²) in [4.78, 5) is 0. The Morgan fingerprint density at radius 2 is 1.33 bits per heavy atom. The predicted octanol–water partition coefficient (Wildman–Crippen LogP) is 2.22. The second-order valence-electron chi connectivity index (χ2n) is 4.95. The lowest BCUT2D eigenvalue weighted by Crippen LogP contribution is -2.38. The third-order valence-electron chi connectivity index (χ3n) is 2.76. The van der Waals surface area contributed by atoms with Gasteiger partial charge in [-0.3, -0.25) is 0 Å². The van der Waals surface area contributed by atoms with Gasteiger partial charge in [-0.15, -0.1) is 0 Å². The summed E-state index contributed by atoms with van der Waals surface area (Å²) in [6, 6.07) is 8.30. The SMILES string of the molecule is C=c1c2ccccc2c(=C)n1C(C)(C)C. The van der Waals surface area contributed by atoms with E-state index in [0.717, 1.165) is 10.7 Å². The van der Waals surface area contributed by atoms with E-state index < -0.39 is 0 Å². The molecule has 1 nitrogen and oxygen atoms in total. The van der Waals surface area contributed by atoms with Crippen LogP contribution in [0.2, 0.25) is 0 Å². The maximum Gasteiger partial charge on any atom is 0.0423 e. The van der Waals surface area contributed by atoms with Crippen LogP contribution in [0.3, 0.4) is 0 Å². The highest BCUT2D eigenvalue weighted by Gasteiger charge is 2.16. The van der Waals surface area contributed by atoms with E-state index >= 15 is 0 Å². The Balaban J connectivity index is 3.01. The normalized spacial score (nSPS) is 12.2. The highest BCUT2D eigenvalue weighted by Crippen LogP contribution is 2.12. The van der Waals surface area contributed by atoms with Gasteiger partial charge in [0.15, 0.2) is 0 Å². The van der Waals surface area contributed by atoms with E-state index in [0.29, 0.717) is 0 Å². The van der Waals surface area contributed by atoms with Crippen molar-refractivity contribution in [3.8, 4) is 0 Å². The van der Waals surface area contributed by atoms with Crippen molar-refractivity contribution in [2.75, 3.05) is 0 Å². The van der Waals surface area contributed by atoms with Gasteiger partial charge < -0.3 is 4.57 Å². The van der Waals surface area contributed by atoms with Gasteiger partial charge in [0.2, 0.25) is 0 Å². The Bertz CT molecular complexity index is 550. The molecule has 78 valence electrons. The fourth-order valence-corrected chi connectivity index (χ4v) is 2.20. The van der Waals surface area contributed by atoms with Crippen molar-refractivity contribution in [1.82, 2.24) is 4.57 Å². The number of fused-ring (bicyclic) bond motifs is 1. The Hall–Kier alpha value is -1.50. The van der Waals surface area contributed by atoms with Gasteiger partial charge in [-0.25, -0.2) is 0 Å². The summed E-state index contributed by atoms with van der Waals surface area (Å²) in [5, 5.41) is 4.53. The predicted molar refractivity (Wildman–Crippen MR) is 67.2 cm³/mol. The van der Waals surface area contributed by atoms with E-state index in [9.17, 15) is 0 Å². The number of hydrogen-bond donors (Lipinski definition) is 0. The number of nitrogens with zero attached hydrogens (tertiary/aromatic N) is 1. The van der Waals surface area contributed by atoms with Crippen LogP contribution in [0.5, 0.6) is 0 Å². The highest BCUT2D eigenvalue weighted by molar-refractivity contribution is 5.83. The van der Waals surface area contributed by atoms with E-state index in [1.807, 2.05) is 12.1 Å². The Kier molecular flexibility index (Phi) is 2.00. The van der Waals surface area contributed by atoms with Gasteiger partial charge in [0.05, 0.1) is 0 Å². The zero-order chi connectivity index (χ0) is 11.2. The molecule has 0 bridgehead atoms. The topological polar surface area (TPSA) is 4.93 Å². The third kappa shape index (κ3) is 1.39. The largest absolute Gasteiger partial charge is 0.336 e. The summed E-state index contributed by atoms with van der Waals surface area (Å²) in [6.45, 7) is 14.8. The maximum absolute atomic E-state index is 4.16. The van der Waals surface area contributed by atoms with Gasteiger partial charge in [-0.1, -0.05) is 37.4 Å². The van der Waals surface area contributed by atoms with Gasteiger partial charge in [-0.2, -0.15) is 0 Å². The molecule has 0 amide bonds. The van der Waals surface area contributed by atoms with Crippen molar-refractivity contribution in [2.45, 2.75) is 26.3 Å². The van der Waals surface area contributed by atoms with Crippen LogP contribution in [0, 0.1) is 0 Å². The quantitative estimate of drug-likeness (QED) is 0.613. The van der Waals surface area contributed by atoms with Crippen molar-refractivity contribution < 1.29 is 0 Å². The van der Waals surface area contributed by atoms with Gasteiger partial charge in [-0.05, 0) is 20.8 Å². The zero-order valence-corrected chi connectivity index (χ0v) is 9.67. The summed E-state index contributed by atoms with van der Waals surface area (Å²) in [6.07, 6.45) is 0. The van der Waals surface area contributed by atoms with Gasteiger partial charge in [0.25, 0.3) is 0 Å². The molecule has 0 aliphatic heterocycles. The van der Waals surface area contributed by atoms with Crippen molar-refractivity contribution in [2.24, 2.45) is 0 Å². The summed E-state index contributed by atoms with van der Waals surface area (Å²) < 4.78 is 2.21. The van der Waals surface area contributed by atoms with Crippen molar-refractivity contribution >= 4 is 23.9 Å². The molecular formula is C14H17N. The first-order valence-corrected chi connectivity index (χ1v) is 5.21. The maximum atomic E-state index is 4.16. The molecule has 0 aliphatic carbocycles. The van der Waals surface area contributed by atoms with Crippen LogP contribution in [-0.4, -0.2) is 4.57 Å². The molecule has 0 radical (unpaired) electrons. The van der Waals surface area contributed by atoms with Crippen LogP contribution in [0.25, 0.3) is 23.9 Å². The third-order valence-corrected chi connectivity index (χ3v) is 2.76. The smallest absolute Gasteiger partial charge is 0.0423 e. The first-order valence-electron chi connectivity index (χ1n) is 5.21. The summed E-state index contributed by atoms with van der Waals surface area (Å²) in [5.74, 6) is 0. The first-order chi connectivity index (χ1) is 6.93. The first kappa shape index (κ1) is 10.0. The lowest BCUT2D eigenvalue weighted by Gasteiger charge is -2.22. The standard InChI is InChI=1S/C14H17N/c1-10-12-8-6-7-9-13(12)11(2)15(10)14(3,4)5/h6-9H,1-2H2,3-5H3. The molecule has 0 aliphatic rings. The van der Waals surface area contributed by atoms with Crippen molar-refractivity contribution in [3.63, 3.8) is 0 Å².